The number of carbonyl (C=O) groups is 6. The van der Waals surface area contributed by atoms with Crippen LogP contribution in [0.4, 0.5) is 0 Å². The van der Waals surface area contributed by atoms with Gasteiger partial charge >= 0.3 is 35.8 Å². The van der Waals surface area contributed by atoms with Crippen LogP contribution in [-0.2, 0) is 57.2 Å². The molecule has 0 rings (SSSR count). The zero-order valence-corrected chi connectivity index (χ0v) is 60.0. The van der Waals surface area contributed by atoms with Crippen molar-refractivity contribution < 1.29 is 57.2 Å². The van der Waals surface area contributed by atoms with Crippen molar-refractivity contribution in [3.8, 4) is 0 Å². The number of rotatable bonds is 71. The smallest absolute Gasteiger partial charge is 0.306 e. The second-order valence-electron chi connectivity index (χ2n) is 26.8. The van der Waals surface area contributed by atoms with Gasteiger partial charge in [-0.05, 0) is 128 Å². The Morgan fingerprint density at radius 2 is 0.356 bits per heavy atom. The average Bonchev–Trinajstić information content (AvgIpc) is 3.71. The highest BCUT2D eigenvalue weighted by molar-refractivity contribution is 5.71. The summed E-state index contributed by atoms with van der Waals surface area (Å²) in [6, 6.07) is 0. The van der Waals surface area contributed by atoms with Crippen LogP contribution in [0.25, 0.3) is 0 Å². The van der Waals surface area contributed by atoms with Crippen LogP contribution >= 0.6 is 0 Å². The fourth-order valence-electron chi connectivity index (χ4n) is 12.0. The minimum Gasteiger partial charge on any atom is -0.466 e. The number of hydrogen-bond donors (Lipinski definition) is 0. The third kappa shape index (κ3) is 62.3. The van der Waals surface area contributed by atoms with E-state index >= 15 is 0 Å². The first-order valence-corrected chi connectivity index (χ1v) is 39.1. The van der Waals surface area contributed by atoms with Gasteiger partial charge < -0.3 is 28.4 Å². The summed E-state index contributed by atoms with van der Waals surface area (Å²) in [4.78, 5) is 76.5. The summed E-state index contributed by atoms with van der Waals surface area (Å²) >= 11 is 0. The molecule has 0 N–H and O–H groups in total. The molecule has 0 aromatic rings. The van der Waals surface area contributed by atoms with Crippen LogP contribution in [0.3, 0.4) is 0 Å². The number of hydrogen-bond acceptors (Lipinski definition) is 12. The quantitative estimate of drug-likeness (QED) is 0.0323. The monoisotopic (exact) mass is 1280 g/mol. The van der Waals surface area contributed by atoms with Crippen LogP contribution in [0, 0.1) is 0 Å². The summed E-state index contributed by atoms with van der Waals surface area (Å²) in [5.74, 6) is -0.556. The highest BCUT2D eigenvalue weighted by Crippen LogP contribution is 2.24. The molecule has 0 radical (unpaired) electrons. The zero-order chi connectivity index (χ0) is 65.9. The molecule has 0 aliphatic rings. The Morgan fingerprint density at radius 3 is 0.600 bits per heavy atom. The summed E-state index contributed by atoms with van der Waals surface area (Å²) in [6.07, 6.45) is 57.8. The fraction of sp³-hybridized carbons (Fsp3) is 0.923. The third-order valence-electron chi connectivity index (χ3n) is 17.9. The van der Waals surface area contributed by atoms with Crippen LogP contribution in [0.5, 0.6) is 0 Å². The summed E-state index contributed by atoms with van der Waals surface area (Å²) in [6.45, 7) is 14.2. The van der Waals surface area contributed by atoms with Gasteiger partial charge in [-0.25, -0.2) is 0 Å². The molecule has 90 heavy (non-hydrogen) atoms. The Balaban J connectivity index is 4.38. The lowest BCUT2D eigenvalue weighted by Crippen LogP contribution is -2.23. The molecular weight excluding hydrogens is 1130 g/mol. The van der Waals surface area contributed by atoms with Crippen molar-refractivity contribution in [1.29, 1.82) is 0 Å². The highest BCUT2D eigenvalue weighted by Gasteiger charge is 2.22. The molecule has 0 amide bonds. The molecule has 4 atom stereocenters. The molecule has 0 aliphatic heterocycles. The van der Waals surface area contributed by atoms with Gasteiger partial charge in [-0.2, -0.15) is 0 Å². The molecule has 0 saturated carbocycles. The van der Waals surface area contributed by atoms with Crippen molar-refractivity contribution in [2.75, 3.05) is 13.2 Å². The first-order chi connectivity index (χ1) is 44.0. The molecule has 0 bridgehead atoms. The lowest BCUT2D eigenvalue weighted by Gasteiger charge is -2.23. The first-order valence-electron chi connectivity index (χ1n) is 39.1. The molecule has 0 heterocycles. The van der Waals surface area contributed by atoms with E-state index in [4.69, 9.17) is 28.4 Å². The van der Waals surface area contributed by atoms with Gasteiger partial charge in [0.05, 0.1) is 13.2 Å². The molecule has 0 aromatic heterocycles. The Morgan fingerprint density at radius 1 is 0.189 bits per heavy atom. The van der Waals surface area contributed by atoms with E-state index < -0.39 is 0 Å². The Hall–Kier alpha value is -3.18. The van der Waals surface area contributed by atoms with Gasteiger partial charge in [-0.3, -0.25) is 28.8 Å². The maximum Gasteiger partial charge on any atom is 0.306 e. The average molecular weight is 1280 g/mol. The predicted molar refractivity (Wildman–Crippen MR) is 373 cm³/mol. The summed E-state index contributed by atoms with van der Waals surface area (Å²) in [5.41, 5.74) is 0. The van der Waals surface area contributed by atoms with E-state index in [1.54, 1.807) is 0 Å². The van der Waals surface area contributed by atoms with E-state index in [1.807, 2.05) is 0 Å². The molecule has 0 aliphatic carbocycles. The zero-order valence-electron chi connectivity index (χ0n) is 60.0. The van der Waals surface area contributed by atoms with E-state index in [2.05, 4.69) is 41.5 Å². The topological polar surface area (TPSA) is 158 Å². The maximum atomic E-state index is 13.0. The molecule has 0 aromatic carbocycles. The minimum absolute atomic E-state index is 0.0833. The SMILES string of the molecule is CCCCCCCC(=O)OC(CCCCC)CCC(CCCCCCCCC(=O)OCCCCCCCCCCOC(=O)CCCCCCCC(CCC(CCCCCC)OC(=O)CCCCCCC)OC(=O)CCCCCCC)OC(=O)CCCCCCC. The number of ether oxygens (including phenoxy) is 6. The standard InChI is InChI=1S/C78H146O12/c1-7-13-19-31-47-59-75(81)87-69(53-41-18-12-6)63-64-71(89-77(83)61-49-33-21-15-9-3)55-43-35-26-27-37-45-57-73(79)85-67-51-39-28-24-25-29-40-52-68-86-74(80)58-46-38-30-36-44-56-72(90-78(84)62-50-34-22-16-10-4)66-65-70(54-42-23-17-11-5)88-76(82)60-48-32-20-14-8-2/h69-72H,7-68H2,1-6H3. The van der Waals surface area contributed by atoms with Gasteiger partial charge in [0, 0.05) is 38.5 Å². The molecule has 0 spiro atoms. The van der Waals surface area contributed by atoms with Crippen LogP contribution in [0.2, 0.25) is 0 Å². The van der Waals surface area contributed by atoms with E-state index in [0.717, 1.165) is 270 Å². The van der Waals surface area contributed by atoms with Crippen LogP contribution in [-0.4, -0.2) is 73.4 Å². The van der Waals surface area contributed by atoms with Crippen molar-refractivity contribution in [3.63, 3.8) is 0 Å². The third-order valence-corrected chi connectivity index (χ3v) is 17.9. The first kappa shape index (κ1) is 86.8. The van der Waals surface area contributed by atoms with Gasteiger partial charge in [-0.1, -0.05) is 260 Å². The number of carbonyl (C=O) groups excluding carboxylic acids is 6. The van der Waals surface area contributed by atoms with E-state index in [-0.39, 0.29) is 60.2 Å². The van der Waals surface area contributed by atoms with E-state index in [9.17, 15) is 28.8 Å². The lowest BCUT2D eigenvalue weighted by atomic mass is 9.99. The van der Waals surface area contributed by atoms with Crippen LogP contribution in [0.1, 0.15) is 427 Å². The van der Waals surface area contributed by atoms with Gasteiger partial charge in [0.25, 0.3) is 0 Å². The molecule has 12 heteroatoms. The van der Waals surface area contributed by atoms with Gasteiger partial charge in [0.15, 0.2) is 0 Å². The fourth-order valence-corrected chi connectivity index (χ4v) is 12.0. The number of unbranched alkanes of at least 4 members (excludes halogenated alkanes) is 37. The van der Waals surface area contributed by atoms with Crippen molar-refractivity contribution in [1.82, 2.24) is 0 Å². The van der Waals surface area contributed by atoms with Gasteiger partial charge in [0.1, 0.15) is 24.4 Å². The number of esters is 6. The van der Waals surface area contributed by atoms with Crippen LogP contribution < -0.4 is 0 Å². The lowest BCUT2D eigenvalue weighted by molar-refractivity contribution is -0.154. The van der Waals surface area contributed by atoms with Gasteiger partial charge in [-0.15, -0.1) is 0 Å². The van der Waals surface area contributed by atoms with E-state index in [1.165, 1.54) is 77.0 Å². The Kier molecular flexibility index (Phi) is 66.2. The van der Waals surface area contributed by atoms with Crippen molar-refractivity contribution in [3.05, 3.63) is 0 Å². The molecular formula is C78H146O12. The Labute approximate surface area is 554 Å². The van der Waals surface area contributed by atoms with Crippen LogP contribution in [0.15, 0.2) is 0 Å². The maximum absolute atomic E-state index is 13.0. The minimum atomic E-state index is -0.163. The largest absolute Gasteiger partial charge is 0.466 e. The summed E-state index contributed by atoms with van der Waals surface area (Å²) in [7, 11) is 0. The van der Waals surface area contributed by atoms with Crippen molar-refractivity contribution in [2.24, 2.45) is 0 Å². The second-order valence-corrected chi connectivity index (χ2v) is 26.8. The molecule has 530 valence electrons. The van der Waals surface area contributed by atoms with Crippen molar-refractivity contribution >= 4 is 35.8 Å². The molecule has 12 nitrogen and oxygen atoms in total. The Bertz CT molecular complexity index is 1620. The van der Waals surface area contributed by atoms with Gasteiger partial charge in [0.2, 0.25) is 0 Å². The molecule has 4 unspecified atom stereocenters. The molecule has 0 saturated heterocycles. The highest BCUT2D eigenvalue weighted by atomic mass is 16.6. The second kappa shape index (κ2) is 68.7. The summed E-state index contributed by atoms with van der Waals surface area (Å²) in [5, 5.41) is 0. The summed E-state index contributed by atoms with van der Waals surface area (Å²) < 4.78 is 35.4. The predicted octanol–water partition coefficient (Wildman–Crippen LogP) is 23.2. The molecule has 0 fully saturated rings. The van der Waals surface area contributed by atoms with E-state index in [0.29, 0.717) is 51.7 Å². The normalized spacial score (nSPS) is 12.7. The van der Waals surface area contributed by atoms with Crippen molar-refractivity contribution in [2.45, 2.75) is 451 Å².